The maximum atomic E-state index is 12.4. The van der Waals surface area contributed by atoms with E-state index in [-0.39, 0.29) is 11.9 Å². The maximum absolute atomic E-state index is 12.4. The van der Waals surface area contributed by atoms with Crippen LogP contribution in [0.4, 0.5) is 5.13 Å². The summed E-state index contributed by atoms with van der Waals surface area (Å²) in [6, 6.07) is 17.7. The number of β-lactam (4-membered cyclic amide) rings is 1. The molecule has 0 bridgehead atoms. The highest BCUT2D eigenvalue weighted by Crippen LogP contribution is 2.44. The molecule has 4 aromatic rings. The van der Waals surface area contributed by atoms with Crippen LogP contribution in [0.2, 0.25) is 0 Å². The lowest BCUT2D eigenvalue weighted by atomic mass is 9.94. The molecule has 1 aliphatic heterocycles. The molecule has 0 aliphatic carbocycles. The Labute approximate surface area is 172 Å². The molecule has 8 heteroatoms. The standard InChI is InChI=1S/C19H12ClN3OS3/c20-15-16(11-6-2-1-3-7-11)23(17(15)24)18-22-14(10-25-18)27-19-21-12-8-4-5-9-13(12)26-19/h1-10,15-16H. The lowest BCUT2D eigenvalue weighted by Crippen LogP contribution is -2.56. The third-order valence-corrected chi connectivity index (χ3v) is 7.74. The first-order chi connectivity index (χ1) is 13.2. The van der Waals surface area contributed by atoms with E-state index in [1.54, 1.807) is 16.2 Å². The summed E-state index contributed by atoms with van der Waals surface area (Å²) in [6.45, 7) is 0. The number of aromatic nitrogens is 2. The fraction of sp³-hybridized carbons (Fsp3) is 0.105. The Balaban J connectivity index is 1.40. The fourth-order valence-corrected chi connectivity index (χ4v) is 6.36. The average molecular weight is 430 g/mol. The van der Waals surface area contributed by atoms with Gasteiger partial charge in [0.2, 0.25) is 5.91 Å². The van der Waals surface area contributed by atoms with E-state index in [2.05, 4.69) is 16.0 Å². The van der Waals surface area contributed by atoms with Crippen molar-refractivity contribution in [2.24, 2.45) is 0 Å². The van der Waals surface area contributed by atoms with Crippen LogP contribution in [-0.4, -0.2) is 21.3 Å². The van der Waals surface area contributed by atoms with Gasteiger partial charge in [-0.15, -0.1) is 34.3 Å². The summed E-state index contributed by atoms with van der Waals surface area (Å²) in [6.07, 6.45) is 0. The number of halogens is 1. The monoisotopic (exact) mass is 429 g/mol. The lowest BCUT2D eigenvalue weighted by Gasteiger charge is -2.42. The molecule has 3 heterocycles. The Morgan fingerprint density at radius 2 is 1.81 bits per heavy atom. The van der Waals surface area contributed by atoms with Gasteiger partial charge in [0.05, 0.1) is 16.3 Å². The lowest BCUT2D eigenvalue weighted by molar-refractivity contribution is -0.123. The molecular formula is C19H12ClN3OS3. The number of fused-ring (bicyclic) bond motifs is 1. The van der Waals surface area contributed by atoms with E-state index in [1.807, 2.05) is 53.9 Å². The molecule has 0 saturated carbocycles. The van der Waals surface area contributed by atoms with Crippen LogP contribution in [0.1, 0.15) is 11.6 Å². The van der Waals surface area contributed by atoms with Gasteiger partial charge in [0.25, 0.3) is 0 Å². The second-order valence-corrected chi connectivity index (χ2v) is 9.59. The Bertz CT molecular complexity index is 1090. The summed E-state index contributed by atoms with van der Waals surface area (Å²) in [5.41, 5.74) is 2.01. The van der Waals surface area contributed by atoms with E-state index < -0.39 is 5.38 Å². The molecule has 2 aromatic heterocycles. The van der Waals surface area contributed by atoms with Gasteiger partial charge >= 0.3 is 0 Å². The Morgan fingerprint density at radius 1 is 1.04 bits per heavy atom. The van der Waals surface area contributed by atoms with Crippen LogP contribution < -0.4 is 4.90 Å². The van der Waals surface area contributed by atoms with Gasteiger partial charge in [0, 0.05) is 5.38 Å². The molecule has 2 unspecified atom stereocenters. The van der Waals surface area contributed by atoms with Gasteiger partial charge in [-0.1, -0.05) is 42.5 Å². The first-order valence-corrected chi connectivity index (χ1v) is 11.2. The molecular weight excluding hydrogens is 418 g/mol. The zero-order chi connectivity index (χ0) is 18.4. The third-order valence-electron chi connectivity index (χ3n) is 4.31. The summed E-state index contributed by atoms with van der Waals surface area (Å²) in [4.78, 5) is 23.4. The first kappa shape index (κ1) is 17.2. The van der Waals surface area contributed by atoms with Crippen LogP contribution in [0.5, 0.6) is 0 Å². The number of hydrogen-bond acceptors (Lipinski definition) is 6. The van der Waals surface area contributed by atoms with Crippen molar-refractivity contribution >= 4 is 67.3 Å². The zero-order valence-corrected chi connectivity index (χ0v) is 17.0. The predicted molar refractivity (Wildman–Crippen MR) is 112 cm³/mol. The molecule has 1 saturated heterocycles. The Hall–Kier alpha value is -1.93. The minimum atomic E-state index is -0.545. The quantitative estimate of drug-likeness (QED) is 0.313. The van der Waals surface area contributed by atoms with E-state index >= 15 is 0 Å². The molecule has 1 amide bonds. The second kappa shape index (κ2) is 6.91. The zero-order valence-electron chi connectivity index (χ0n) is 13.8. The molecule has 4 nitrogen and oxygen atoms in total. The fourth-order valence-electron chi connectivity index (χ4n) is 3.03. The third kappa shape index (κ3) is 3.04. The number of para-hydroxylation sites is 1. The van der Waals surface area contributed by atoms with Crippen LogP contribution in [0.15, 0.2) is 69.3 Å². The van der Waals surface area contributed by atoms with E-state index in [4.69, 9.17) is 11.6 Å². The molecule has 0 N–H and O–H groups in total. The molecule has 2 aromatic carbocycles. The van der Waals surface area contributed by atoms with Crippen molar-refractivity contribution in [2.45, 2.75) is 20.8 Å². The van der Waals surface area contributed by atoms with Crippen LogP contribution in [0.25, 0.3) is 10.2 Å². The van der Waals surface area contributed by atoms with Gasteiger partial charge in [-0.2, -0.15) is 0 Å². The number of anilines is 1. The van der Waals surface area contributed by atoms with Gasteiger partial charge in [-0.05, 0) is 29.5 Å². The van der Waals surface area contributed by atoms with Crippen molar-refractivity contribution in [1.29, 1.82) is 0 Å². The number of thiazole rings is 2. The SMILES string of the molecule is O=C1C(Cl)C(c2ccccc2)N1c1nc(Sc2nc3ccccc3s2)cs1. The van der Waals surface area contributed by atoms with Gasteiger partial charge in [0.1, 0.15) is 10.4 Å². The van der Waals surface area contributed by atoms with Crippen molar-refractivity contribution in [3.63, 3.8) is 0 Å². The highest BCUT2D eigenvalue weighted by Gasteiger charge is 2.49. The molecule has 0 radical (unpaired) electrons. The molecule has 2 atom stereocenters. The molecule has 27 heavy (non-hydrogen) atoms. The number of nitrogens with zero attached hydrogens (tertiary/aromatic N) is 3. The van der Waals surface area contributed by atoms with Crippen molar-refractivity contribution in [2.75, 3.05) is 4.90 Å². The highest BCUT2D eigenvalue weighted by molar-refractivity contribution is 8.01. The number of amides is 1. The van der Waals surface area contributed by atoms with Crippen LogP contribution in [0, 0.1) is 0 Å². The number of benzene rings is 2. The van der Waals surface area contributed by atoms with Gasteiger partial charge < -0.3 is 0 Å². The number of carbonyl (C=O) groups is 1. The van der Waals surface area contributed by atoms with Crippen molar-refractivity contribution in [3.05, 3.63) is 65.5 Å². The summed E-state index contributed by atoms with van der Waals surface area (Å²) in [5, 5.41) is 2.93. The number of carbonyl (C=O) groups excluding carboxylic acids is 1. The van der Waals surface area contributed by atoms with Crippen molar-refractivity contribution in [1.82, 2.24) is 9.97 Å². The van der Waals surface area contributed by atoms with Crippen LogP contribution in [0.3, 0.4) is 0 Å². The first-order valence-electron chi connectivity index (χ1n) is 8.22. The van der Waals surface area contributed by atoms with E-state index in [1.165, 1.54) is 23.1 Å². The van der Waals surface area contributed by atoms with Gasteiger partial charge in [-0.25, -0.2) is 9.97 Å². The largest absolute Gasteiger partial charge is 0.277 e. The molecule has 134 valence electrons. The highest BCUT2D eigenvalue weighted by atomic mass is 35.5. The predicted octanol–water partition coefficient (Wildman–Crippen LogP) is 5.60. The minimum Gasteiger partial charge on any atom is -0.277 e. The molecule has 1 fully saturated rings. The van der Waals surface area contributed by atoms with E-state index in [0.29, 0.717) is 5.13 Å². The van der Waals surface area contributed by atoms with Gasteiger partial charge in [-0.3, -0.25) is 9.69 Å². The van der Waals surface area contributed by atoms with Crippen LogP contribution in [-0.2, 0) is 4.79 Å². The van der Waals surface area contributed by atoms with E-state index in [9.17, 15) is 4.79 Å². The van der Waals surface area contributed by atoms with E-state index in [0.717, 1.165) is 25.1 Å². The number of hydrogen-bond donors (Lipinski definition) is 0. The number of alkyl halides is 1. The minimum absolute atomic E-state index is 0.101. The molecule has 1 aliphatic rings. The average Bonchev–Trinajstić information content (AvgIpc) is 3.32. The Morgan fingerprint density at radius 3 is 2.63 bits per heavy atom. The topological polar surface area (TPSA) is 46.1 Å². The second-order valence-electron chi connectivity index (χ2n) is 5.98. The Kier molecular flexibility index (Phi) is 4.40. The smallest absolute Gasteiger partial charge is 0.249 e. The van der Waals surface area contributed by atoms with Gasteiger partial charge in [0.15, 0.2) is 9.47 Å². The molecule has 5 rings (SSSR count). The van der Waals surface area contributed by atoms with Crippen molar-refractivity contribution < 1.29 is 4.79 Å². The normalized spacial score (nSPS) is 19.4. The summed E-state index contributed by atoms with van der Waals surface area (Å²) < 4.78 is 2.10. The number of rotatable bonds is 4. The summed E-state index contributed by atoms with van der Waals surface area (Å²) in [5.74, 6) is -0.101. The van der Waals surface area contributed by atoms with Crippen molar-refractivity contribution in [3.8, 4) is 0 Å². The maximum Gasteiger partial charge on any atom is 0.249 e. The molecule has 0 spiro atoms. The summed E-state index contributed by atoms with van der Waals surface area (Å²) >= 11 is 10.9. The summed E-state index contributed by atoms with van der Waals surface area (Å²) in [7, 11) is 0. The van der Waals surface area contributed by atoms with Crippen LogP contribution >= 0.6 is 46.0 Å².